The number of hydrogen-bond donors (Lipinski definition) is 2. The number of nitrogens with zero attached hydrogens (tertiary/aromatic N) is 5. The molecule has 3 aliphatic rings. The van der Waals surface area contributed by atoms with Gasteiger partial charge in [0.15, 0.2) is 0 Å². The number of aromatic amines is 1. The van der Waals surface area contributed by atoms with Crippen LogP contribution >= 0.6 is 0 Å². The van der Waals surface area contributed by atoms with Crippen LogP contribution in [-0.2, 0) is 0 Å². The van der Waals surface area contributed by atoms with E-state index in [4.69, 9.17) is 0 Å². The molecular weight excluding hydrogens is 414 g/mol. The number of piperazine rings is 1. The third-order valence-electron chi connectivity index (χ3n) is 6.76. The van der Waals surface area contributed by atoms with Crippen LogP contribution < -0.4 is 5.32 Å². The molecule has 0 spiro atoms. The fourth-order valence-electron chi connectivity index (χ4n) is 5.04. The van der Waals surface area contributed by atoms with Crippen molar-refractivity contribution in [2.75, 3.05) is 31.5 Å². The molecule has 6 rings (SSSR count). The van der Waals surface area contributed by atoms with Crippen molar-refractivity contribution in [1.82, 2.24) is 24.8 Å². The maximum absolute atomic E-state index is 13.1. The smallest absolute Gasteiger partial charge is 0.270 e. The van der Waals surface area contributed by atoms with E-state index in [1.165, 1.54) is 19.4 Å². The minimum Gasteiger partial charge on any atom is -0.351 e. The van der Waals surface area contributed by atoms with Gasteiger partial charge in [0.25, 0.3) is 5.91 Å². The van der Waals surface area contributed by atoms with Gasteiger partial charge >= 0.3 is 0 Å². The van der Waals surface area contributed by atoms with E-state index in [1.54, 1.807) is 6.20 Å². The average Bonchev–Trinajstić information content (AvgIpc) is 3.50. The van der Waals surface area contributed by atoms with Gasteiger partial charge in [-0.05, 0) is 62.6 Å². The molecule has 1 atom stereocenters. The third-order valence-corrected chi connectivity index (χ3v) is 6.76. The minimum absolute atomic E-state index is 0.0876. The number of carbonyl (C=O) groups excluding carboxylic acids is 1. The van der Waals surface area contributed by atoms with Crippen molar-refractivity contribution < 1.29 is 4.79 Å². The summed E-state index contributed by atoms with van der Waals surface area (Å²) < 4.78 is 0. The molecule has 8 nitrogen and oxygen atoms in total. The molecule has 0 radical (unpaired) electrons. The maximum Gasteiger partial charge on any atom is 0.270 e. The largest absolute Gasteiger partial charge is 0.351 e. The van der Waals surface area contributed by atoms with Gasteiger partial charge in [-0.2, -0.15) is 0 Å². The Balaban J connectivity index is 1.19. The number of aromatic nitrogens is 3. The van der Waals surface area contributed by atoms with E-state index in [9.17, 15) is 4.79 Å². The number of anilines is 2. The predicted octanol–water partition coefficient (Wildman–Crippen LogP) is 3.83. The van der Waals surface area contributed by atoms with Gasteiger partial charge in [0, 0.05) is 54.7 Å². The Kier molecular flexibility index (Phi) is 5.14. The molecule has 1 amide bonds. The molecule has 0 aliphatic carbocycles. The zero-order chi connectivity index (χ0) is 22.2. The van der Waals surface area contributed by atoms with Crippen LogP contribution in [0.5, 0.6) is 0 Å². The van der Waals surface area contributed by atoms with E-state index in [-0.39, 0.29) is 5.91 Å². The van der Waals surface area contributed by atoms with Gasteiger partial charge in [0.1, 0.15) is 5.69 Å². The Bertz CT molecular complexity index is 1260. The van der Waals surface area contributed by atoms with Crippen LogP contribution in [0.4, 0.5) is 11.6 Å². The van der Waals surface area contributed by atoms with Crippen LogP contribution in [0.2, 0.25) is 0 Å². The molecule has 5 heterocycles. The molecule has 1 unspecified atom stereocenters. The van der Waals surface area contributed by atoms with Crippen molar-refractivity contribution in [2.45, 2.75) is 31.7 Å². The quantitative estimate of drug-likeness (QED) is 0.642. The molecule has 2 N–H and O–H groups in total. The SMILES string of the molecule is O=C(c1cc2cc(Nc3nccc(C4=CCCC=N4)n3)ccc2[nH]1)N1CCN2CCCC2C1. The lowest BCUT2D eigenvalue weighted by atomic mass is 10.1. The van der Waals surface area contributed by atoms with E-state index in [0.29, 0.717) is 17.7 Å². The Morgan fingerprint density at radius 1 is 1.12 bits per heavy atom. The zero-order valence-corrected chi connectivity index (χ0v) is 18.5. The zero-order valence-electron chi connectivity index (χ0n) is 18.5. The van der Waals surface area contributed by atoms with Crippen molar-refractivity contribution in [2.24, 2.45) is 4.99 Å². The van der Waals surface area contributed by atoms with Crippen LogP contribution in [0, 0.1) is 0 Å². The lowest BCUT2D eigenvalue weighted by Crippen LogP contribution is -2.52. The monoisotopic (exact) mass is 441 g/mol. The van der Waals surface area contributed by atoms with Crippen LogP contribution in [0.3, 0.4) is 0 Å². The highest BCUT2D eigenvalue weighted by Gasteiger charge is 2.33. The van der Waals surface area contributed by atoms with Gasteiger partial charge < -0.3 is 15.2 Å². The molecule has 2 saturated heterocycles. The summed E-state index contributed by atoms with van der Waals surface area (Å²) in [6.45, 7) is 3.78. The van der Waals surface area contributed by atoms with Crippen LogP contribution in [0.1, 0.15) is 41.9 Å². The number of benzene rings is 1. The fourth-order valence-corrected chi connectivity index (χ4v) is 5.04. The number of hydrogen-bond acceptors (Lipinski definition) is 6. The van der Waals surface area contributed by atoms with Crippen molar-refractivity contribution in [3.8, 4) is 0 Å². The Morgan fingerprint density at radius 3 is 3.00 bits per heavy atom. The van der Waals surface area contributed by atoms with Crippen LogP contribution in [0.25, 0.3) is 16.6 Å². The fraction of sp³-hybridized carbons (Fsp3) is 0.360. The molecule has 8 heteroatoms. The highest BCUT2D eigenvalue weighted by Crippen LogP contribution is 2.26. The molecule has 2 aromatic heterocycles. The number of carbonyl (C=O) groups is 1. The first-order chi connectivity index (χ1) is 16.2. The second-order valence-corrected chi connectivity index (χ2v) is 8.94. The highest BCUT2D eigenvalue weighted by atomic mass is 16.2. The summed E-state index contributed by atoms with van der Waals surface area (Å²) in [5.41, 5.74) is 4.16. The summed E-state index contributed by atoms with van der Waals surface area (Å²) in [7, 11) is 0. The molecule has 0 bridgehead atoms. The first-order valence-electron chi connectivity index (χ1n) is 11.7. The second kappa shape index (κ2) is 8.44. The Hall–Kier alpha value is -3.52. The van der Waals surface area contributed by atoms with Gasteiger partial charge in [-0.15, -0.1) is 0 Å². The average molecular weight is 442 g/mol. The number of fused-ring (bicyclic) bond motifs is 2. The normalized spacial score (nSPS) is 20.7. The predicted molar refractivity (Wildman–Crippen MR) is 130 cm³/mol. The molecular formula is C25H27N7O. The summed E-state index contributed by atoms with van der Waals surface area (Å²) in [4.78, 5) is 34.4. The van der Waals surface area contributed by atoms with Crippen molar-refractivity contribution >= 4 is 40.4 Å². The van der Waals surface area contributed by atoms with Gasteiger partial charge in [0.05, 0.1) is 11.4 Å². The summed E-state index contributed by atoms with van der Waals surface area (Å²) >= 11 is 0. The molecule has 2 fully saturated rings. The maximum atomic E-state index is 13.1. The van der Waals surface area contributed by atoms with Gasteiger partial charge in [0.2, 0.25) is 5.95 Å². The number of amides is 1. The summed E-state index contributed by atoms with van der Waals surface area (Å²) in [5, 5.41) is 4.27. The first kappa shape index (κ1) is 20.1. The summed E-state index contributed by atoms with van der Waals surface area (Å²) in [6, 6.07) is 10.3. The summed E-state index contributed by atoms with van der Waals surface area (Å²) in [6.07, 6.45) is 10.2. The molecule has 1 aromatic carbocycles. The third kappa shape index (κ3) is 4.02. The molecule has 33 heavy (non-hydrogen) atoms. The first-order valence-corrected chi connectivity index (χ1v) is 11.7. The number of aliphatic imine (C=N–C) groups is 1. The van der Waals surface area contributed by atoms with E-state index in [1.807, 2.05) is 41.4 Å². The van der Waals surface area contributed by atoms with Gasteiger partial charge in [-0.3, -0.25) is 14.7 Å². The van der Waals surface area contributed by atoms with Crippen molar-refractivity contribution in [3.63, 3.8) is 0 Å². The topological polar surface area (TPSA) is 89.5 Å². The minimum atomic E-state index is 0.0876. The van der Waals surface area contributed by atoms with E-state index < -0.39 is 0 Å². The Labute approximate surface area is 192 Å². The number of nitrogens with one attached hydrogen (secondary N) is 2. The van der Waals surface area contributed by atoms with Gasteiger partial charge in [-0.1, -0.05) is 6.08 Å². The molecule has 0 saturated carbocycles. The van der Waals surface area contributed by atoms with Gasteiger partial charge in [-0.25, -0.2) is 9.97 Å². The van der Waals surface area contributed by atoms with E-state index in [2.05, 4.69) is 36.2 Å². The molecule has 168 valence electrons. The molecule has 3 aliphatic heterocycles. The molecule has 3 aromatic rings. The highest BCUT2D eigenvalue weighted by molar-refractivity contribution is 5.98. The number of allylic oxidation sites excluding steroid dienone is 1. The van der Waals surface area contributed by atoms with E-state index >= 15 is 0 Å². The van der Waals surface area contributed by atoms with Crippen LogP contribution in [-0.4, -0.2) is 69.1 Å². The summed E-state index contributed by atoms with van der Waals surface area (Å²) in [5.74, 6) is 0.611. The Morgan fingerprint density at radius 2 is 2.09 bits per heavy atom. The van der Waals surface area contributed by atoms with Crippen molar-refractivity contribution in [3.05, 3.63) is 54.0 Å². The lowest BCUT2D eigenvalue weighted by Gasteiger charge is -2.37. The number of rotatable bonds is 4. The number of H-pyrrole nitrogens is 1. The second-order valence-electron chi connectivity index (χ2n) is 8.94. The van der Waals surface area contributed by atoms with Crippen LogP contribution in [0.15, 0.2) is 47.6 Å². The lowest BCUT2D eigenvalue weighted by molar-refractivity contribution is 0.0566. The van der Waals surface area contributed by atoms with E-state index in [0.717, 1.165) is 60.5 Å². The standard InChI is InChI=1S/C25H27N7O/c33-24(32-13-12-31-11-3-4-19(31)16-32)23-15-17-14-18(6-7-20(17)29-23)28-25-27-10-8-22(30-25)21-5-1-2-9-26-21/h5-10,14-15,19,29H,1-4,11-13,16H2,(H,27,28,30). The van der Waals surface area contributed by atoms with Crippen molar-refractivity contribution in [1.29, 1.82) is 0 Å².